The van der Waals surface area contributed by atoms with Crippen LogP contribution in [0.5, 0.6) is 0 Å². The van der Waals surface area contributed by atoms with E-state index in [1.165, 1.54) is 24.3 Å². The zero-order valence-electron chi connectivity index (χ0n) is 7.68. The molecule has 0 unspecified atom stereocenters. The molecule has 1 aromatic carbocycles. The molecule has 0 radical (unpaired) electrons. The van der Waals surface area contributed by atoms with Crippen LogP contribution < -0.4 is 0 Å². The monoisotopic (exact) mass is 232 g/mol. The number of hydrogen-bond donors (Lipinski definition) is 1. The lowest BCUT2D eigenvalue weighted by atomic mass is 10.2. The molecule has 4 nitrogen and oxygen atoms in total. The Balaban J connectivity index is 3.08. The number of rotatable bonds is 4. The van der Waals surface area contributed by atoms with Crippen molar-refractivity contribution in [1.82, 2.24) is 0 Å². The van der Waals surface area contributed by atoms with Crippen LogP contribution in [0, 0.1) is 0 Å². The van der Waals surface area contributed by atoms with E-state index in [-0.39, 0.29) is 11.3 Å². The number of sulfone groups is 1. The Hall–Kier alpha value is -1.43. The van der Waals surface area contributed by atoms with Crippen LogP contribution in [-0.4, -0.2) is 25.5 Å². The van der Waals surface area contributed by atoms with Crippen LogP contribution in [0.25, 0.3) is 0 Å². The van der Waals surface area contributed by atoms with Crippen molar-refractivity contribution < 1.29 is 22.7 Å². The van der Waals surface area contributed by atoms with Gasteiger partial charge in [-0.1, -0.05) is 12.1 Å². The predicted octanol–water partition coefficient (Wildman–Crippen LogP) is 1.01. The predicted molar refractivity (Wildman–Crippen MR) is 50.9 cm³/mol. The van der Waals surface area contributed by atoms with E-state index in [9.17, 15) is 17.6 Å². The third-order valence-corrected chi connectivity index (χ3v) is 3.02. The van der Waals surface area contributed by atoms with Gasteiger partial charge in [0.05, 0.1) is 11.3 Å². The SMILES string of the molecule is O=C(O)Cc1cccc(S(=O)(=O)CF)c1. The fourth-order valence-electron chi connectivity index (χ4n) is 1.09. The molecule has 0 amide bonds. The summed E-state index contributed by atoms with van der Waals surface area (Å²) < 4.78 is 34.4. The van der Waals surface area contributed by atoms with Gasteiger partial charge in [-0.15, -0.1) is 0 Å². The molecule has 0 saturated heterocycles. The summed E-state index contributed by atoms with van der Waals surface area (Å²) >= 11 is 0. The van der Waals surface area contributed by atoms with Crippen molar-refractivity contribution in [3.63, 3.8) is 0 Å². The Morgan fingerprint density at radius 2 is 2.07 bits per heavy atom. The van der Waals surface area contributed by atoms with Crippen LogP contribution in [0.2, 0.25) is 0 Å². The standard InChI is InChI=1S/C9H9FO4S/c10-6-15(13,14)8-3-1-2-7(4-8)5-9(11)12/h1-4H,5-6H2,(H,11,12). The third-order valence-electron chi connectivity index (χ3n) is 1.76. The van der Waals surface area contributed by atoms with Gasteiger partial charge in [0.25, 0.3) is 0 Å². The number of alkyl halides is 1. The second-order valence-corrected chi connectivity index (χ2v) is 4.86. The Morgan fingerprint density at radius 3 is 2.60 bits per heavy atom. The molecule has 0 spiro atoms. The van der Waals surface area contributed by atoms with Crippen molar-refractivity contribution in [1.29, 1.82) is 0 Å². The molecular formula is C9H9FO4S. The van der Waals surface area contributed by atoms with E-state index in [0.29, 0.717) is 5.56 Å². The molecule has 6 heteroatoms. The summed E-state index contributed by atoms with van der Waals surface area (Å²) in [4.78, 5) is 10.2. The first kappa shape index (κ1) is 11.6. The summed E-state index contributed by atoms with van der Waals surface area (Å²) in [7, 11) is -3.92. The van der Waals surface area contributed by atoms with Crippen LogP contribution in [0.1, 0.15) is 5.56 Å². The number of halogens is 1. The van der Waals surface area contributed by atoms with E-state index in [1.54, 1.807) is 0 Å². The van der Waals surface area contributed by atoms with E-state index in [0.717, 1.165) is 0 Å². The number of aliphatic carboxylic acids is 1. The van der Waals surface area contributed by atoms with Crippen LogP contribution >= 0.6 is 0 Å². The normalized spacial score (nSPS) is 11.3. The molecule has 82 valence electrons. The Bertz CT molecular complexity index is 467. The zero-order valence-corrected chi connectivity index (χ0v) is 8.50. The van der Waals surface area contributed by atoms with Gasteiger partial charge in [-0.2, -0.15) is 0 Å². The summed E-state index contributed by atoms with van der Waals surface area (Å²) in [6, 6.07) is 3.79. The number of carbonyl (C=O) groups is 1. The van der Waals surface area contributed by atoms with Crippen molar-refractivity contribution in [2.24, 2.45) is 0 Å². The van der Waals surface area contributed by atoms with Crippen LogP contribution in [0.15, 0.2) is 29.2 Å². The average molecular weight is 232 g/mol. The second-order valence-electron chi connectivity index (χ2n) is 2.94. The van der Waals surface area contributed by atoms with Crippen LogP contribution in [0.4, 0.5) is 4.39 Å². The maximum Gasteiger partial charge on any atom is 0.307 e. The fraction of sp³-hybridized carbons (Fsp3) is 0.222. The lowest BCUT2D eigenvalue weighted by Crippen LogP contribution is -2.05. The molecule has 0 heterocycles. The molecule has 1 aromatic rings. The quantitative estimate of drug-likeness (QED) is 0.841. The van der Waals surface area contributed by atoms with Crippen molar-refractivity contribution in [3.05, 3.63) is 29.8 Å². The Morgan fingerprint density at radius 1 is 1.40 bits per heavy atom. The lowest BCUT2D eigenvalue weighted by Gasteiger charge is -2.02. The van der Waals surface area contributed by atoms with Gasteiger partial charge in [0.2, 0.25) is 9.84 Å². The van der Waals surface area contributed by atoms with Crippen molar-refractivity contribution in [2.75, 3.05) is 6.01 Å². The van der Waals surface area contributed by atoms with Gasteiger partial charge in [0, 0.05) is 0 Å². The van der Waals surface area contributed by atoms with E-state index in [4.69, 9.17) is 5.11 Å². The number of carboxylic acids is 1. The van der Waals surface area contributed by atoms with Gasteiger partial charge in [0.15, 0.2) is 6.01 Å². The molecule has 1 rings (SSSR count). The summed E-state index contributed by atoms with van der Waals surface area (Å²) in [5.41, 5.74) is 0.331. The molecule has 0 aromatic heterocycles. The van der Waals surface area contributed by atoms with E-state index >= 15 is 0 Å². The number of benzene rings is 1. The highest BCUT2D eigenvalue weighted by Gasteiger charge is 2.14. The smallest absolute Gasteiger partial charge is 0.307 e. The molecule has 0 aliphatic heterocycles. The van der Waals surface area contributed by atoms with Gasteiger partial charge in [-0.05, 0) is 17.7 Å². The minimum atomic E-state index is -3.92. The molecule has 15 heavy (non-hydrogen) atoms. The minimum absolute atomic E-state index is 0.191. The highest BCUT2D eigenvalue weighted by molar-refractivity contribution is 7.91. The van der Waals surface area contributed by atoms with Crippen LogP contribution in [-0.2, 0) is 21.1 Å². The van der Waals surface area contributed by atoms with Gasteiger partial charge in [0.1, 0.15) is 0 Å². The lowest BCUT2D eigenvalue weighted by molar-refractivity contribution is -0.136. The van der Waals surface area contributed by atoms with Gasteiger partial charge >= 0.3 is 5.97 Å². The molecular weight excluding hydrogens is 223 g/mol. The van der Waals surface area contributed by atoms with E-state index in [1.807, 2.05) is 0 Å². The Kier molecular flexibility index (Phi) is 3.41. The Labute approximate surface area is 86.3 Å². The summed E-state index contributed by atoms with van der Waals surface area (Å²) in [6.07, 6.45) is -0.282. The second kappa shape index (κ2) is 4.39. The molecule has 0 saturated carbocycles. The maximum absolute atomic E-state index is 12.1. The number of hydrogen-bond acceptors (Lipinski definition) is 3. The summed E-state index contributed by atoms with van der Waals surface area (Å²) in [5, 5.41) is 8.49. The molecule has 1 N–H and O–H groups in total. The first-order valence-corrected chi connectivity index (χ1v) is 5.70. The number of carboxylic acid groups (broad SMARTS) is 1. The zero-order chi connectivity index (χ0) is 11.5. The highest BCUT2D eigenvalue weighted by Crippen LogP contribution is 2.13. The molecule has 0 aliphatic rings. The van der Waals surface area contributed by atoms with E-state index in [2.05, 4.69) is 0 Å². The third kappa shape index (κ3) is 3.02. The van der Waals surface area contributed by atoms with E-state index < -0.39 is 21.8 Å². The average Bonchev–Trinajstić information content (AvgIpc) is 2.17. The fourth-order valence-corrected chi connectivity index (χ4v) is 1.83. The largest absolute Gasteiger partial charge is 0.481 e. The van der Waals surface area contributed by atoms with Crippen LogP contribution in [0.3, 0.4) is 0 Å². The maximum atomic E-state index is 12.1. The van der Waals surface area contributed by atoms with Gasteiger partial charge in [-0.3, -0.25) is 4.79 Å². The summed E-state index contributed by atoms with van der Waals surface area (Å²) in [5.74, 6) is -1.07. The van der Waals surface area contributed by atoms with Gasteiger partial charge < -0.3 is 5.11 Å². The first-order chi connectivity index (χ1) is 6.95. The molecule has 0 bridgehead atoms. The minimum Gasteiger partial charge on any atom is -0.481 e. The molecule has 0 atom stereocenters. The highest BCUT2D eigenvalue weighted by atomic mass is 32.2. The van der Waals surface area contributed by atoms with Crippen molar-refractivity contribution in [2.45, 2.75) is 11.3 Å². The van der Waals surface area contributed by atoms with Gasteiger partial charge in [-0.25, -0.2) is 12.8 Å². The molecule has 0 fully saturated rings. The van der Waals surface area contributed by atoms with Crippen molar-refractivity contribution in [3.8, 4) is 0 Å². The first-order valence-electron chi connectivity index (χ1n) is 4.05. The molecule has 0 aliphatic carbocycles. The van der Waals surface area contributed by atoms with Crippen molar-refractivity contribution >= 4 is 15.8 Å². The summed E-state index contributed by atoms with van der Waals surface area (Å²) in [6.45, 7) is 0. The topological polar surface area (TPSA) is 71.4 Å².